The molecule has 1 aromatic heterocycles. The molecule has 0 unspecified atom stereocenters. The van der Waals surface area contributed by atoms with Gasteiger partial charge < -0.3 is 10.3 Å². The summed E-state index contributed by atoms with van der Waals surface area (Å²) in [5.41, 5.74) is 6.20. The largest absolute Gasteiger partial charge is 0.399 e. The van der Waals surface area contributed by atoms with Gasteiger partial charge in [-0.05, 0) is 25.1 Å². The molecule has 0 radical (unpaired) electrons. The molecule has 3 amide bonds. The van der Waals surface area contributed by atoms with Gasteiger partial charge in [0.15, 0.2) is 5.82 Å². The molecular formula is C14H14N4O4. The van der Waals surface area contributed by atoms with Gasteiger partial charge in [0.05, 0.1) is 5.69 Å². The van der Waals surface area contributed by atoms with Crippen LogP contribution in [0.5, 0.6) is 0 Å². The summed E-state index contributed by atoms with van der Waals surface area (Å²) in [4.78, 5) is 36.6. The van der Waals surface area contributed by atoms with Crippen LogP contribution in [-0.2, 0) is 14.4 Å². The lowest BCUT2D eigenvalue weighted by Gasteiger charge is -2.18. The number of aryl methyl sites for hydroxylation is 1. The Hall–Kier alpha value is -3.16. The first-order valence-corrected chi connectivity index (χ1v) is 6.33. The number of nitrogens with two attached hydrogens (primary N) is 1. The highest BCUT2D eigenvalue weighted by Crippen LogP contribution is 2.18. The maximum Gasteiger partial charge on any atom is 0.323 e. The molecule has 8 nitrogen and oxygen atoms in total. The van der Waals surface area contributed by atoms with E-state index in [2.05, 4.69) is 10.5 Å². The third kappa shape index (κ3) is 3.29. The molecule has 1 heterocycles. The molecule has 0 bridgehead atoms. The molecule has 114 valence electrons. The van der Waals surface area contributed by atoms with Gasteiger partial charge >= 0.3 is 11.8 Å². The van der Waals surface area contributed by atoms with Gasteiger partial charge in [-0.2, -0.15) is 0 Å². The van der Waals surface area contributed by atoms with Crippen molar-refractivity contribution in [3.63, 3.8) is 0 Å². The second kappa shape index (κ2) is 6.08. The van der Waals surface area contributed by atoms with Gasteiger partial charge in [-0.1, -0.05) is 11.2 Å². The van der Waals surface area contributed by atoms with E-state index >= 15 is 0 Å². The van der Waals surface area contributed by atoms with E-state index < -0.39 is 17.7 Å². The second-order valence-corrected chi connectivity index (χ2v) is 4.53. The van der Waals surface area contributed by atoms with Gasteiger partial charge in [0, 0.05) is 18.7 Å². The van der Waals surface area contributed by atoms with Crippen LogP contribution in [0.1, 0.15) is 12.7 Å². The Labute approximate surface area is 125 Å². The number of nitrogens with zero attached hydrogens (tertiary/aromatic N) is 2. The lowest BCUT2D eigenvalue weighted by molar-refractivity contribution is -0.136. The molecule has 0 fully saturated rings. The second-order valence-electron chi connectivity index (χ2n) is 4.53. The van der Waals surface area contributed by atoms with E-state index in [9.17, 15) is 14.4 Å². The van der Waals surface area contributed by atoms with Crippen molar-refractivity contribution < 1.29 is 18.9 Å². The van der Waals surface area contributed by atoms with Crippen molar-refractivity contribution in [3.8, 4) is 0 Å². The molecule has 0 atom stereocenters. The van der Waals surface area contributed by atoms with Crippen LogP contribution >= 0.6 is 0 Å². The molecule has 0 aliphatic carbocycles. The van der Waals surface area contributed by atoms with Crippen LogP contribution in [0, 0.1) is 6.92 Å². The molecule has 1 aromatic carbocycles. The first-order valence-electron chi connectivity index (χ1n) is 6.33. The van der Waals surface area contributed by atoms with Crippen molar-refractivity contribution >= 4 is 34.9 Å². The molecule has 2 aromatic rings. The maximum atomic E-state index is 12.2. The van der Waals surface area contributed by atoms with Crippen LogP contribution in [0.2, 0.25) is 0 Å². The number of amides is 3. The Morgan fingerprint density at radius 2 is 2.00 bits per heavy atom. The predicted octanol–water partition coefficient (Wildman–Crippen LogP) is 1.08. The van der Waals surface area contributed by atoms with Crippen molar-refractivity contribution in [2.75, 3.05) is 16.0 Å². The highest BCUT2D eigenvalue weighted by Gasteiger charge is 2.27. The van der Waals surface area contributed by atoms with Crippen LogP contribution in [0.4, 0.5) is 17.2 Å². The van der Waals surface area contributed by atoms with E-state index in [-0.39, 0.29) is 11.5 Å². The third-order valence-electron chi connectivity index (χ3n) is 2.71. The van der Waals surface area contributed by atoms with Gasteiger partial charge in [0.1, 0.15) is 5.76 Å². The minimum Gasteiger partial charge on any atom is -0.399 e. The van der Waals surface area contributed by atoms with Crippen LogP contribution in [0.25, 0.3) is 0 Å². The SMILES string of the molecule is CC(=O)N(C(=O)C(=O)Nc1cc(C)on1)c1cccc(N)c1. The maximum absolute atomic E-state index is 12.2. The molecular weight excluding hydrogens is 288 g/mol. The predicted molar refractivity (Wildman–Crippen MR) is 78.9 cm³/mol. The molecule has 8 heteroatoms. The minimum absolute atomic E-state index is 0.0897. The third-order valence-corrected chi connectivity index (χ3v) is 2.71. The quantitative estimate of drug-likeness (QED) is 0.633. The summed E-state index contributed by atoms with van der Waals surface area (Å²) in [5, 5.41) is 5.81. The summed E-state index contributed by atoms with van der Waals surface area (Å²) in [6, 6.07) is 7.55. The standard InChI is InChI=1S/C14H14N4O4/c1-8-6-12(17-22-8)16-13(20)14(21)18(9(2)19)11-5-3-4-10(15)7-11/h3-7H,15H2,1-2H3,(H,16,17,20). The number of carbonyl (C=O) groups is 3. The van der Waals surface area contributed by atoms with Gasteiger partial charge in [0.25, 0.3) is 0 Å². The summed E-state index contributed by atoms with van der Waals surface area (Å²) < 4.78 is 4.78. The zero-order chi connectivity index (χ0) is 16.3. The number of hydrogen-bond donors (Lipinski definition) is 2. The van der Waals surface area contributed by atoms with Gasteiger partial charge in [-0.25, -0.2) is 4.90 Å². The molecule has 0 aliphatic rings. The molecule has 0 aliphatic heterocycles. The van der Waals surface area contributed by atoms with E-state index in [1.807, 2.05) is 0 Å². The number of rotatable bonds is 2. The highest BCUT2D eigenvalue weighted by molar-refractivity contribution is 6.48. The fraction of sp³-hybridized carbons (Fsp3) is 0.143. The van der Waals surface area contributed by atoms with Crippen LogP contribution in [0.15, 0.2) is 34.9 Å². The average molecular weight is 302 g/mol. The Morgan fingerprint density at radius 3 is 2.55 bits per heavy atom. The Bertz CT molecular complexity index is 738. The van der Waals surface area contributed by atoms with E-state index in [1.54, 1.807) is 19.1 Å². The number of aromatic nitrogens is 1. The zero-order valence-corrected chi connectivity index (χ0v) is 12.0. The lowest BCUT2D eigenvalue weighted by atomic mass is 10.2. The summed E-state index contributed by atoms with van der Waals surface area (Å²) in [7, 11) is 0. The highest BCUT2D eigenvalue weighted by atomic mass is 16.5. The number of nitrogens with one attached hydrogen (secondary N) is 1. The first kappa shape index (κ1) is 15.2. The van der Waals surface area contributed by atoms with E-state index in [0.29, 0.717) is 11.4 Å². The van der Waals surface area contributed by atoms with E-state index in [0.717, 1.165) is 4.90 Å². The Morgan fingerprint density at radius 1 is 1.27 bits per heavy atom. The van der Waals surface area contributed by atoms with E-state index in [1.165, 1.54) is 25.1 Å². The fourth-order valence-electron chi connectivity index (χ4n) is 1.80. The number of nitrogen functional groups attached to an aromatic ring is 1. The van der Waals surface area contributed by atoms with Crippen LogP contribution < -0.4 is 16.0 Å². The number of imide groups is 1. The van der Waals surface area contributed by atoms with Crippen molar-refractivity contribution in [2.45, 2.75) is 13.8 Å². The topological polar surface area (TPSA) is 119 Å². The summed E-state index contributed by atoms with van der Waals surface area (Å²) in [5.74, 6) is -2.10. The molecule has 3 N–H and O–H groups in total. The Kier molecular flexibility index (Phi) is 4.21. The number of hydrogen-bond acceptors (Lipinski definition) is 6. The summed E-state index contributed by atoms with van der Waals surface area (Å²) >= 11 is 0. The molecule has 2 rings (SSSR count). The number of benzene rings is 1. The zero-order valence-electron chi connectivity index (χ0n) is 12.0. The van der Waals surface area contributed by atoms with Gasteiger partial charge in [-0.3, -0.25) is 19.7 Å². The van der Waals surface area contributed by atoms with Gasteiger partial charge in [-0.15, -0.1) is 0 Å². The number of anilines is 3. The summed E-state index contributed by atoms with van der Waals surface area (Å²) in [6.07, 6.45) is 0. The molecule has 22 heavy (non-hydrogen) atoms. The molecule has 0 saturated heterocycles. The molecule has 0 saturated carbocycles. The minimum atomic E-state index is -1.04. The van der Waals surface area contributed by atoms with Crippen molar-refractivity contribution in [2.24, 2.45) is 0 Å². The van der Waals surface area contributed by atoms with E-state index in [4.69, 9.17) is 10.3 Å². The van der Waals surface area contributed by atoms with Crippen LogP contribution in [0.3, 0.4) is 0 Å². The normalized spacial score (nSPS) is 10.1. The average Bonchev–Trinajstić information content (AvgIpc) is 2.83. The lowest BCUT2D eigenvalue weighted by Crippen LogP contribution is -2.42. The van der Waals surface area contributed by atoms with Crippen LogP contribution in [-0.4, -0.2) is 22.9 Å². The smallest absolute Gasteiger partial charge is 0.323 e. The summed E-state index contributed by atoms with van der Waals surface area (Å²) in [6.45, 7) is 2.81. The fourth-order valence-corrected chi connectivity index (χ4v) is 1.80. The van der Waals surface area contributed by atoms with Crippen molar-refractivity contribution in [3.05, 3.63) is 36.1 Å². The Balaban J connectivity index is 2.23. The monoisotopic (exact) mass is 302 g/mol. The molecule has 0 spiro atoms. The van der Waals surface area contributed by atoms with Crippen molar-refractivity contribution in [1.29, 1.82) is 0 Å². The van der Waals surface area contributed by atoms with Crippen molar-refractivity contribution in [1.82, 2.24) is 5.16 Å². The number of carbonyl (C=O) groups excluding carboxylic acids is 3. The first-order chi connectivity index (χ1) is 10.4. The van der Waals surface area contributed by atoms with Gasteiger partial charge in [0.2, 0.25) is 5.91 Å².